The first kappa shape index (κ1) is 6.15. The third-order valence-electron chi connectivity index (χ3n) is 0.359. The summed E-state index contributed by atoms with van der Waals surface area (Å²) < 4.78 is 0. The second-order valence-corrected chi connectivity index (χ2v) is 2.01. The molecule has 0 fully saturated rings. The van der Waals surface area contributed by atoms with Crippen LogP contribution >= 0.6 is 11.6 Å². The normalized spacial score (nSPS) is 7.50. The molecule has 0 N–H and O–H groups in total. The summed E-state index contributed by atoms with van der Waals surface area (Å²) in [5.41, 5.74) is 0. The van der Waals surface area contributed by atoms with E-state index in [-0.39, 0.29) is 0 Å². The molecule has 0 spiro atoms. The molecule has 0 unspecified atom stereocenters. The van der Waals surface area contributed by atoms with Crippen LogP contribution in [-0.2, 0) is 0 Å². The number of hydrogen-bond acceptors (Lipinski definition) is 1. The summed E-state index contributed by atoms with van der Waals surface area (Å²) in [6, 6.07) is 0. The van der Waals surface area contributed by atoms with Gasteiger partial charge in [-0.1, -0.05) is 6.92 Å². The Morgan fingerprint density at radius 1 is 2.00 bits per heavy atom. The molecule has 0 aromatic carbocycles. The van der Waals surface area contributed by atoms with Crippen molar-refractivity contribution in [3.8, 4) is 0 Å². The monoisotopic (exact) mass is 99.0 g/mol. The lowest BCUT2D eigenvalue weighted by Gasteiger charge is -1.80. The van der Waals surface area contributed by atoms with Crippen molar-refractivity contribution in [3.05, 3.63) is 12.6 Å². The van der Waals surface area contributed by atoms with E-state index in [9.17, 15) is 0 Å². The summed E-state index contributed by atoms with van der Waals surface area (Å²) >= 11 is 1.77. The fraction of sp³-hybridized carbons (Fsp3) is 0.500. The third-order valence-corrected chi connectivity index (χ3v) is 1.08. The number of rotatable bonds is 3. The molecule has 0 saturated carbocycles. The fourth-order valence-electron chi connectivity index (χ4n) is 0.164. The van der Waals surface area contributed by atoms with E-state index >= 15 is 0 Å². The van der Waals surface area contributed by atoms with Crippen molar-refractivity contribution in [1.82, 2.24) is 0 Å². The van der Waals surface area contributed by atoms with Gasteiger partial charge >= 0.3 is 0 Å². The largest absolute Gasteiger partial charge is 0.220 e. The molecule has 1 radical (unpaired) electrons. The molecule has 0 bridgehead atoms. The van der Waals surface area contributed by atoms with Gasteiger partial charge in [0.1, 0.15) is 0 Å². The maximum Gasteiger partial charge on any atom is 0.220 e. The van der Waals surface area contributed by atoms with Crippen LogP contribution in [0.2, 0.25) is 0 Å². The molecule has 0 aliphatic rings. The van der Waals surface area contributed by atoms with Crippen molar-refractivity contribution in [2.75, 3.05) is 5.75 Å². The molecule has 0 amide bonds. The Bertz CT molecular complexity index is 36.5. The van der Waals surface area contributed by atoms with Crippen LogP contribution in [0.4, 0.5) is 0 Å². The molecule has 0 aromatic rings. The molecule has 6 heavy (non-hydrogen) atoms. The van der Waals surface area contributed by atoms with Crippen molar-refractivity contribution < 1.29 is 0 Å². The Kier molecular flexibility index (Phi) is 5.29. The van der Waals surface area contributed by atoms with Gasteiger partial charge in [0.05, 0.1) is 0 Å². The molecule has 0 aliphatic carbocycles. The van der Waals surface area contributed by atoms with Gasteiger partial charge in [0.15, 0.2) is 0 Å². The SMILES string of the molecule is C=C[B]SCC. The predicted octanol–water partition coefficient (Wildman–Crippen LogP) is 1.50. The highest BCUT2D eigenvalue weighted by atomic mass is 32.2. The van der Waals surface area contributed by atoms with E-state index in [4.69, 9.17) is 0 Å². The lowest BCUT2D eigenvalue weighted by Crippen LogP contribution is -1.73. The Morgan fingerprint density at radius 3 is 2.83 bits per heavy atom. The summed E-state index contributed by atoms with van der Waals surface area (Å²) in [5.74, 6) is 2.94. The van der Waals surface area contributed by atoms with Crippen LogP contribution in [0, 0.1) is 0 Å². The first-order valence-corrected chi connectivity index (χ1v) is 3.02. The summed E-state index contributed by atoms with van der Waals surface area (Å²) in [6.45, 7) is 7.62. The molecule has 0 saturated heterocycles. The highest BCUT2D eigenvalue weighted by Gasteiger charge is 1.74. The smallest absolute Gasteiger partial charge is 0.212 e. The minimum Gasteiger partial charge on any atom is -0.212 e. The Balaban J connectivity index is 2.49. The lowest BCUT2D eigenvalue weighted by atomic mass is 10.1. The van der Waals surface area contributed by atoms with Gasteiger partial charge in [-0.05, 0) is 5.75 Å². The van der Waals surface area contributed by atoms with E-state index in [1.165, 1.54) is 0 Å². The molecule has 0 nitrogen and oxygen atoms in total. The van der Waals surface area contributed by atoms with Crippen LogP contribution in [0.1, 0.15) is 6.92 Å². The second kappa shape index (κ2) is 5.15. The van der Waals surface area contributed by atoms with E-state index in [2.05, 4.69) is 13.5 Å². The molecule has 0 aliphatic heterocycles. The van der Waals surface area contributed by atoms with Crippen LogP contribution < -0.4 is 0 Å². The molecular formula is C4H8BS. The van der Waals surface area contributed by atoms with E-state index in [0.29, 0.717) is 0 Å². The van der Waals surface area contributed by atoms with Crippen LogP contribution in [0.15, 0.2) is 12.6 Å². The minimum absolute atomic E-state index is 1.14. The quantitative estimate of drug-likeness (QED) is 0.381. The molecule has 33 valence electrons. The maximum absolute atomic E-state index is 3.52. The highest BCUT2D eigenvalue weighted by molar-refractivity contribution is 8.22. The standard InChI is InChI=1S/C4H8BS/c1-3-5-6-4-2/h3H,1,4H2,2H3. The van der Waals surface area contributed by atoms with Gasteiger partial charge in [-0.25, -0.2) is 11.6 Å². The van der Waals surface area contributed by atoms with Crippen LogP contribution in [0.3, 0.4) is 0 Å². The average Bonchev–Trinajstić information content (AvgIpc) is 1.61. The first-order chi connectivity index (χ1) is 2.91. The first-order valence-electron chi connectivity index (χ1n) is 1.97. The lowest BCUT2D eigenvalue weighted by molar-refractivity contribution is 1.54. The zero-order valence-corrected chi connectivity index (χ0v) is 4.79. The van der Waals surface area contributed by atoms with Crippen molar-refractivity contribution >= 4 is 18.2 Å². The Labute approximate surface area is 44.2 Å². The zero-order valence-electron chi connectivity index (χ0n) is 3.98. The summed E-state index contributed by atoms with van der Waals surface area (Å²) in [7, 11) is 0. The van der Waals surface area contributed by atoms with Crippen LogP contribution in [0.25, 0.3) is 0 Å². The van der Waals surface area contributed by atoms with Gasteiger partial charge in [-0.3, -0.25) is 0 Å². The second-order valence-electron chi connectivity index (χ2n) is 0.827. The molecule has 0 heterocycles. The summed E-state index contributed by atoms with van der Waals surface area (Å²) in [5, 5.41) is 0. The van der Waals surface area contributed by atoms with Gasteiger partial charge in [0.25, 0.3) is 0 Å². The van der Waals surface area contributed by atoms with Crippen molar-refractivity contribution in [3.63, 3.8) is 0 Å². The van der Waals surface area contributed by atoms with E-state index in [1.807, 2.05) is 6.56 Å². The third kappa shape index (κ3) is 4.15. The summed E-state index contributed by atoms with van der Waals surface area (Å²) in [4.78, 5) is 0. The van der Waals surface area contributed by atoms with Crippen LogP contribution in [-0.4, -0.2) is 12.3 Å². The fourth-order valence-corrected chi connectivity index (χ4v) is 0.493. The van der Waals surface area contributed by atoms with Gasteiger partial charge in [-0.15, -0.1) is 12.6 Å². The Morgan fingerprint density at radius 2 is 2.67 bits per heavy atom. The van der Waals surface area contributed by atoms with Crippen molar-refractivity contribution in [2.45, 2.75) is 6.92 Å². The van der Waals surface area contributed by atoms with Crippen molar-refractivity contribution in [2.24, 2.45) is 0 Å². The van der Waals surface area contributed by atoms with Crippen LogP contribution in [0.5, 0.6) is 0 Å². The van der Waals surface area contributed by atoms with E-state index in [0.717, 1.165) is 5.75 Å². The predicted molar refractivity (Wildman–Crippen MR) is 34.1 cm³/mol. The molecule has 2 heteroatoms. The maximum atomic E-state index is 3.52. The molecular weight excluding hydrogens is 90.9 g/mol. The molecule has 0 aromatic heterocycles. The average molecular weight is 99.0 g/mol. The molecule has 0 atom stereocenters. The highest BCUT2D eigenvalue weighted by Crippen LogP contribution is 1.91. The summed E-state index contributed by atoms with van der Waals surface area (Å²) in [6.07, 6.45) is 0. The van der Waals surface area contributed by atoms with Gasteiger partial charge in [0, 0.05) is 0 Å². The topological polar surface area (TPSA) is 0 Å². The van der Waals surface area contributed by atoms with Gasteiger partial charge < -0.3 is 0 Å². The zero-order chi connectivity index (χ0) is 4.83. The Hall–Kier alpha value is 0.155. The van der Waals surface area contributed by atoms with Gasteiger partial charge in [-0.2, -0.15) is 0 Å². The number of hydrogen-bond donors (Lipinski definition) is 0. The van der Waals surface area contributed by atoms with E-state index < -0.39 is 0 Å². The van der Waals surface area contributed by atoms with Crippen molar-refractivity contribution in [1.29, 1.82) is 0 Å². The van der Waals surface area contributed by atoms with Gasteiger partial charge in [0.2, 0.25) is 6.56 Å². The molecule has 0 rings (SSSR count). The van der Waals surface area contributed by atoms with E-state index in [1.54, 1.807) is 17.6 Å². The minimum atomic E-state index is 1.14.